The Morgan fingerprint density at radius 1 is 1.06 bits per heavy atom. The van der Waals surface area contributed by atoms with Crippen LogP contribution in [-0.4, -0.2) is 9.55 Å². The van der Waals surface area contributed by atoms with Crippen molar-refractivity contribution in [3.63, 3.8) is 0 Å². The standard InChI is InChI=1S/C14H13N3/c1-10-7-8-13-12(9-10)16-14(15)17(13)11-5-3-2-4-6-11/h2-9H,1H3,(H2,15,16). The summed E-state index contributed by atoms with van der Waals surface area (Å²) in [6.45, 7) is 2.05. The predicted octanol–water partition coefficient (Wildman–Crippen LogP) is 2.92. The SMILES string of the molecule is Cc1ccc2c(c1)nc(N)n2-c1ccccc1. The summed E-state index contributed by atoms with van der Waals surface area (Å²) in [4.78, 5) is 4.39. The number of nitrogens with zero attached hydrogens (tertiary/aromatic N) is 2. The van der Waals surface area contributed by atoms with E-state index < -0.39 is 0 Å². The topological polar surface area (TPSA) is 43.8 Å². The molecule has 0 aliphatic heterocycles. The van der Waals surface area contributed by atoms with Crippen molar-refractivity contribution in [1.29, 1.82) is 0 Å². The molecule has 0 saturated carbocycles. The van der Waals surface area contributed by atoms with Gasteiger partial charge in [0.2, 0.25) is 5.95 Å². The minimum absolute atomic E-state index is 0.525. The molecular formula is C14H13N3. The van der Waals surface area contributed by atoms with Crippen molar-refractivity contribution >= 4 is 17.0 Å². The fourth-order valence-electron chi connectivity index (χ4n) is 2.06. The lowest BCUT2D eigenvalue weighted by atomic mass is 10.2. The molecule has 0 unspecified atom stereocenters. The Balaban J connectivity index is 2.33. The highest BCUT2D eigenvalue weighted by Crippen LogP contribution is 2.23. The number of benzene rings is 2. The molecule has 0 spiro atoms. The number of fused-ring (bicyclic) bond motifs is 1. The van der Waals surface area contributed by atoms with Gasteiger partial charge in [0.15, 0.2) is 0 Å². The molecular weight excluding hydrogens is 210 g/mol. The van der Waals surface area contributed by atoms with Crippen LogP contribution in [0.5, 0.6) is 0 Å². The average Bonchev–Trinajstić information content (AvgIpc) is 2.65. The monoisotopic (exact) mass is 223 g/mol. The molecule has 3 rings (SSSR count). The fraction of sp³-hybridized carbons (Fsp3) is 0.0714. The molecule has 0 amide bonds. The van der Waals surface area contributed by atoms with E-state index >= 15 is 0 Å². The average molecular weight is 223 g/mol. The van der Waals surface area contributed by atoms with Gasteiger partial charge in [-0.25, -0.2) is 4.98 Å². The molecule has 0 radical (unpaired) electrons. The highest BCUT2D eigenvalue weighted by atomic mass is 15.2. The number of anilines is 1. The molecule has 2 aromatic carbocycles. The molecule has 1 heterocycles. The van der Waals surface area contributed by atoms with E-state index in [1.807, 2.05) is 41.0 Å². The fourth-order valence-corrected chi connectivity index (χ4v) is 2.06. The van der Waals surface area contributed by atoms with Crippen LogP contribution in [0.2, 0.25) is 0 Å². The summed E-state index contributed by atoms with van der Waals surface area (Å²) in [7, 11) is 0. The van der Waals surface area contributed by atoms with Gasteiger partial charge in [0.25, 0.3) is 0 Å². The van der Waals surface area contributed by atoms with Gasteiger partial charge in [-0.05, 0) is 36.8 Å². The van der Waals surface area contributed by atoms with Crippen LogP contribution in [0, 0.1) is 6.92 Å². The van der Waals surface area contributed by atoms with Crippen molar-refractivity contribution in [2.24, 2.45) is 0 Å². The predicted molar refractivity (Wildman–Crippen MR) is 70.2 cm³/mol. The molecule has 3 aromatic rings. The zero-order valence-electron chi connectivity index (χ0n) is 9.59. The maximum Gasteiger partial charge on any atom is 0.205 e. The third-order valence-corrected chi connectivity index (χ3v) is 2.85. The largest absolute Gasteiger partial charge is 0.369 e. The van der Waals surface area contributed by atoms with E-state index in [1.165, 1.54) is 5.56 Å². The first kappa shape index (κ1) is 9.90. The minimum Gasteiger partial charge on any atom is -0.369 e. The third kappa shape index (κ3) is 1.56. The van der Waals surface area contributed by atoms with Crippen LogP contribution in [-0.2, 0) is 0 Å². The molecule has 3 heteroatoms. The summed E-state index contributed by atoms with van der Waals surface area (Å²) < 4.78 is 1.97. The van der Waals surface area contributed by atoms with E-state index in [1.54, 1.807) is 0 Å². The highest BCUT2D eigenvalue weighted by molar-refractivity contribution is 5.81. The number of nitrogens with two attached hydrogens (primary N) is 1. The molecule has 0 saturated heterocycles. The molecule has 0 atom stereocenters. The zero-order chi connectivity index (χ0) is 11.8. The number of nitrogen functional groups attached to an aromatic ring is 1. The van der Waals surface area contributed by atoms with Crippen molar-refractivity contribution in [2.75, 3.05) is 5.73 Å². The first-order chi connectivity index (χ1) is 8.25. The van der Waals surface area contributed by atoms with Gasteiger partial charge in [-0.15, -0.1) is 0 Å². The van der Waals surface area contributed by atoms with Crippen LogP contribution in [0.4, 0.5) is 5.95 Å². The number of hydrogen-bond donors (Lipinski definition) is 1. The van der Waals surface area contributed by atoms with Gasteiger partial charge >= 0.3 is 0 Å². The number of aryl methyl sites for hydroxylation is 1. The molecule has 3 nitrogen and oxygen atoms in total. The van der Waals surface area contributed by atoms with Gasteiger partial charge in [-0.3, -0.25) is 4.57 Å². The maximum atomic E-state index is 5.99. The second-order valence-electron chi connectivity index (χ2n) is 4.13. The van der Waals surface area contributed by atoms with E-state index in [-0.39, 0.29) is 0 Å². The van der Waals surface area contributed by atoms with Gasteiger partial charge in [-0.2, -0.15) is 0 Å². The summed E-state index contributed by atoms with van der Waals surface area (Å²) in [5.41, 5.74) is 10.2. The van der Waals surface area contributed by atoms with E-state index in [2.05, 4.69) is 24.0 Å². The Bertz CT molecular complexity index is 669. The lowest BCUT2D eigenvalue weighted by Crippen LogP contribution is -1.99. The second kappa shape index (κ2) is 3.63. The Labute approximate surface area is 99.5 Å². The lowest BCUT2D eigenvalue weighted by molar-refractivity contribution is 1.11. The van der Waals surface area contributed by atoms with Gasteiger partial charge < -0.3 is 5.73 Å². The van der Waals surface area contributed by atoms with Gasteiger partial charge in [-0.1, -0.05) is 24.3 Å². The molecule has 0 bridgehead atoms. The summed E-state index contributed by atoms with van der Waals surface area (Å²) in [5.74, 6) is 0.525. The van der Waals surface area contributed by atoms with Crippen LogP contribution in [0.25, 0.3) is 16.7 Å². The first-order valence-corrected chi connectivity index (χ1v) is 5.56. The number of imidazole rings is 1. The minimum atomic E-state index is 0.525. The number of aromatic nitrogens is 2. The molecule has 1 aromatic heterocycles. The van der Waals surface area contributed by atoms with Gasteiger partial charge in [0.1, 0.15) is 0 Å². The third-order valence-electron chi connectivity index (χ3n) is 2.85. The van der Waals surface area contributed by atoms with Crippen LogP contribution < -0.4 is 5.73 Å². The van der Waals surface area contributed by atoms with E-state index in [0.717, 1.165) is 16.7 Å². The summed E-state index contributed by atoms with van der Waals surface area (Å²) in [5, 5.41) is 0. The smallest absolute Gasteiger partial charge is 0.205 e. The summed E-state index contributed by atoms with van der Waals surface area (Å²) >= 11 is 0. The molecule has 2 N–H and O–H groups in total. The molecule has 17 heavy (non-hydrogen) atoms. The Morgan fingerprint density at radius 3 is 2.59 bits per heavy atom. The zero-order valence-corrected chi connectivity index (χ0v) is 9.59. The van der Waals surface area contributed by atoms with E-state index in [9.17, 15) is 0 Å². The second-order valence-corrected chi connectivity index (χ2v) is 4.13. The Hall–Kier alpha value is -2.29. The van der Waals surface area contributed by atoms with Crippen molar-refractivity contribution in [3.05, 3.63) is 54.1 Å². The molecule has 0 aliphatic rings. The number of para-hydroxylation sites is 1. The number of rotatable bonds is 1. The van der Waals surface area contributed by atoms with Crippen LogP contribution in [0.1, 0.15) is 5.56 Å². The normalized spacial score (nSPS) is 10.9. The summed E-state index contributed by atoms with van der Waals surface area (Å²) in [6, 6.07) is 16.2. The van der Waals surface area contributed by atoms with Crippen molar-refractivity contribution in [3.8, 4) is 5.69 Å². The Morgan fingerprint density at radius 2 is 1.82 bits per heavy atom. The number of hydrogen-bond acceptors (Lipinski definition) is 2. The van der Waals surface area contributed by atoms with Gasteiger partial charge in [0.05, 0.1) is 11.0 Å². The molecule has 0 aliphatic carbocycles. The van der Waals surface area contributed by atoms with Crippen LogP contribution in [0.3, 0.4) is 0 Å². The van der Waals surface area contributed by atoms with Gasteiger partial charge in [0, 0.05) is 5.69 Å². The molecule has 0 fully saturated rings. The van der Waals surface area contributed by atoms with Crippen molar-refractivity contribution in [2.45, 2.75) is 6.92 Å². The summed E-state index contributed by atoms with van der Waals surface area (Å²) in [6.07, 6.45) is 0. The van der Waals surface area contributed by atoms with E-state index in [0.29, 0.717) is 5.95 Å². The quantitative estimate of drug-likeness (QED) is 0.689. The van der Waals surface area contributed by atoms with Crippen LogP contribution in [0.15, 0.2) is 48.5 Å². The van der Waals surface area contributed by atoms with Crippen molar-refractivity contribution in [1.82, 2.24) is 9.55 Å². The molecule has 84 valence electrons. The maximum absolute atomic E-state index is 5.99. The van der Waals surface area contributed by atoms with Crippen molar-refractivity contribution < 1.29 is 0 Å². The highest BCUT2D eigenvalue weighted by Gasteiger charge is 2.09. The van der Waals surface area contributed by atoms with Crippen LogP contribution >= 0.6 is 0 Å². The van der Waals surface area contributed by atoms with E-state index in [4.69, 9.17) is 5.73 Å². The first-order valence-electron chi connectivity index (χ1n) is 5.56. The Kier molecular flexibility index (Phi) is 2.11. The lowest BCUT2D eigenvalue weighted by Gasteiger charge is -2.05.